The third-order valence-corrected chi connectivity index (χ3v) is 6.85. The third-order valence-electron chi connectivity index (χ3n) is 6.61. The van der Waals surface area contributed by atoms with Crippen molar-refractivity contribution in [2.24, 2.45) is 0 Å². The number of rotatable bonds is 5. The van der Waals surface area contributed by atoms with Crippen molar-refractivity contribution in [1.82, 2.24) is 35.0 Å². The van der Waals surface area contributed by atoms with Crippen LogP contribution in [0.2, 0.25) is 5.02 Å². The van der Waals surface area contributed by atoms with E-state index in [-0.39, 0.29) is 11.6 Å². The molecule has 1 unspecified atom stereocenters. The number of nitrogens with one attached hydrogen (secondary N) is 2. The van der Waals surface area contributed by atoms with E-state index in [1.54, 1.807) is 59.2 Å². The number of anilines is 1. The van der Waals surface area contributed by atoms with Crippen LogP contribution in [0.5, 0.6) is 0 Å². The summed E-state index contributed by atoms with van der Waals surface area (Å²) in [4.78, 5) is 36.9. The maximum absolute atomic E-state index is 13.4. The van der Waals surface area contributed by atoms with Crippen molar-refractivity contribution in [3.8, 4) is 27.9 Å². The second-order valence-corrected chi connectivity index (χ2v) is 9.39. The maximum Gasteiger partial charge on any atom is 0.409 e. The van der Waals surface area contributed by atoms with Gasteiger partial charge in [-0.15, -0.1) is 5.10 Å². The standard InChI is InChI=1S/C26H19ClN8O4/c27-16-3-7-22(34-13-28-32-33-34)19(11-16)15-9-18-6-8-23(35(18)24(36)10-15)21-12-20(25(37)31-30-21)14-1-4-17(5-2-14)29-26(38)39/h1-5,7,9-13,23,29H,6,8H2,(H,31,37)(H,38,39). The molecule has 3 aromatic heterocycles. The fourth-order valence-corrected chi connectivity index (χ4v) is 5.08. The first-order valence-electron chi connectivity index (χ1n) is 11.9. The highest BCUT2D eigenvalue weighted by atomic mass is 35.5. The van der Waals surface area contributed by atoms with Gasteiger partial charge in [0.05, 0.1) is 23.0 Å². The van der Waals surface area contributed by atoms with Gasteiger partial charge >= 0.3 is 6.09 Å². The predicted molar refractivity (Wildman–Crippen MR) is 142 cm³/mol. The lowest BCUT2D eigenvalue weighted by molar-refractivity contribution is 0.209. The molecular formula is C26H19ClN8O4. The summed E-state index contributed by atoms with van der Waals surface area (Å²) in [7, 11) is 0. The van der Waals surface area contributed by atoms with Crippen LogP contribution in [0, 0.1) is 0 Å². The minimum absolute atomic E-state index is 0.216. The number of H-pyrrole nitrogens is 1. The lowest BCUT2D eigenvalue weighted by atomic mass is 10.0. The smallest absolute Gasteiger partial charge is 0.409 e. The van der Waals surface area contributed by atoms with Gasteiger partial charge in [-0.25, -0.2) is 9.89 Å². The van der Waals surface area contributed by atoms with Crippen LogP contribution in [0.15, 0.2) is 76.6 Å². The molecule has 0 saturated carbocycles. The van der Waals surface area contributed by atoms with Crippen LogP contribution in [0.4, 0.5) is 10.5 Å². The van der Waals surface area contributed by atoms with Crippen LogP contribution in [-0.2, 0) is 6.42 Å². The molecule has 5 aromatic rings. The van der Waals surface area contributed by atoms with Crippen LogP contribution in [0.25, 0.3) is 27.9 Å². The minimum Gasteiger partial charge on any atom is -0.465 e. The van der Waals surface area contributed by atoms with Gasteiger partial charge < -0.3 is 9.67 Å². The minimum atomic E-state index is -1.18. The normalized spacial score (nSPS) is 14.2. The average Bonchev–Trinajstić information content (AvgIpc) is 3.60. The number of aromatic nitrogens is 7. The molecule has 3 N–H and O–H groups in total. The molecule has 13 heteroatoms. The summed E-state index contributed by atoms with van der Waals surface area (Å²) in [6, 6.07) is 16.5. The molecule has 0 fully saturated rings. The summed E-state index contributed by atoms with van der Waals surface area (Å²) >= 11 is 6.29. The van der Waals surface area contributed by atoms with E-state index in [4.69, 9.17) is 16.7 Å². The van der Waals surface area contributed by atoms with E-state index in [1.807, 2.05) is 6.07 Å². The average molecular weight is 543 g/mol. The van der Waals surface area contributed by atoms with Gasteiger partial charge in [0.2, 0.25) is 0 Å². The molecular weight excluding hydrogens is 524 g/mol. The largest absolute Gasteiger partial charge is 0.465 e. The molecule has 6 rings (SSSR count). The number of aromatic amines is 1. The number of carbonyl (C=O) groups is 1. The van der Waals surface area contributed by atoms with E-state index < -0.39 is 11.7 Å². The third kappa shape index (κ3) is 4.57. The van der Waals surface area contributed by atoms with Crippen molar-refractivity contribution in [1.29, 1.82) is 0 Å². The first kappa shape index (κ1) is 24.2. The highest BCUT2D eigenvalue weighted by Gasteiger charge is 2.28. The van der Waals surface area contributed by atoms with Gasteiger partial charge in [-0.2, -0.15) is 9.78 Å². The number of fused-ring (bicyclic) bond motifs is 1. The van der Waals surface area contributed by atoms with Crippen molar-refractivity contribution < 1.29 is 9.90 Å². The number of nitrogens with zero attached hydrogens (tertiary/aromatic N) is 6. The Morgan fingerprint density at radius 1 is 1.03 bits per heavy atom. The molecule has 1 atom stereocenters. The Hall–Kier alpha value is -5.10. The van der Waals surface area contributed by atoms with E-state index in [0.717, 1.165) is 5.69 Å². The number of aryl methyl sites for hydroxylation is 1. The number of benzene rings is 2. The van der Waals surface area contributed by atoms with Gasteiger partial charge in [0, 0.05) is 28.0 Å². The molecule has 1 aliphatic heterocycles. The Morgan fingerprint density at radius 3 is 2.59 bits per heavy atom. The molecule has 1 aliphatic rings. The van der Waals surface area contributed by atoms with Crippen molar-refractivity contribution in [3.63, 3.8) is 0 Å². The molecule has 4 heterocycles. The fourth-order valence-electron chi connectivity index (χ4n) is 4.90. The van der Waals surface area contributed by atoms with E-state index in [1.165, 1.54) is 11.0 Å². The van der Waals surface area contributed by atoms with Gasteiger partial charge in [-0.05, 0) is 76.9 Å². The Kier molecular flexibility index (Phi) is 6.00. The SMILES string of the molecule is O=C(O)Nc1ccc(-c2cc(C3CCc4cc(-c5cc(Cl)ccc5-n5cnnn5)cc(=O)n43)n[nH]c2=O)cc1. The second-order valence-electron chi connectivity index (χ2n) is 8.96. The van der Waals surface area contributed by atoms with Gasteiger partial charge in [-0.1, -0.05) is 23.7 Å². The monoisotopic (exact) mass is 542 g/mol. The highest BCUT2D eigenvalue weighted by molar-refractivity contribution is 6.31. The Bertz CT molecular complexity index is 1830. The number of carboxylic acid groups (broad SMARTS) is 1. The first-order chi connectivity index (χ1) is 18.9. The molecule has 194 valence electrons. The number of amides is 1. The summed E-state index contributed by atoms with van der Waals surface area (Å²) in [5, 5.41) is 29.8. The first-order valence-corrected chi connectivity index (χ1v) is 12.2. The topological polar surface area (TPSA) is 161 Å². The van der Waals surface area contributed by atoms with Crippen LogP contribution in [-0.4, -0.2) is 46.2 Å². The zero-order valence-corrected chi connectivity index (χ0v) is 20.8. The number of pyridine rings is 1. The summed E-state index contributed by atoms with van der Waals surface area (Å²) in [5.41, 5.74) is 4.17. The number of hydrogen-bond donors (Lipinski definition) is 3. The Labute approximate surface area is 224 Å². The van der Waals surface area contributed by atoms with Crippen molar-refractivity contribution in [2.45, 2.75) is 18.9 Å². The maximum atomic E-state index is 13.4. The summed E-state index contributed by atoms with van der Waals surface area (Å²) in [6.45, 7) is 0. The molecule has 12 nitrogen and oxygen atoms in total. The molecule has 0 aliphatic carbocycles. The predicted octanol–water partition coefficient (Wildman–Crippen LogP) is 3.52. The van der Waals surface area contributed by atoms with E-state index in [2.05, 4.69) is 31.0 Å². The van der Waals surface area contributed by atoms with Crippen LogP contribution in [0.1, 0.15) is 23.9 Å². The van der Waals surface area contributed by atoms with Crippen LogP contribution in [0.3, 0.4) is 0 Å². The molecule has 2 aromatic carbocycles. The lowest BCUT2D eigenvalue weighted by Crippen LogP contribution is -2.25. The Morgan fingerprint density at radius 2 is 1.85 bits per heavy atom. The van der Waals surface area contributed by atoms with Gasteiger partial charge in [0.15, 0.2) is 0 Å². The van der Waals surface area contributed by atoms with Gasteiger partial charge in [0.1, 0.15) is 6.33 Å². The number of halogens is 1. The van der Waals surface area contributed by atoms with Crippen molar-refractivity contribution >= 4 is 23.4 Å². The number of tetrazole rings is 1. The summed E-state index contributed by atoms with van der Waals surface area (Å²) in [6.07, 6.45) is 1.54. The van der Waals surface area contributed by atoms with Crippen molar-refractivity contribution in [3.05, 3.63) is 104 Å². The van der Waals surface area contributed by atoms with Crippen LogP contribution >= 0.6 is 11.6 Å². The van der Waals surface area contributed by atoms with E-state index >= 15 is 0 Å². The zero-order valence-electron chi connectivity index (χ0n) is 20.1. The van der Waals surface area contributed by atoms with Gasteiger partial charge in [-0.3, -0.25) is 14.9 Å². The summed E-state index contributed by atoms with van der Waals surface area (Å²) in [5.74, 6) is 0. The summed E-state index contributed by atoms with van der Waals surface area (Å²) < 4.78 is 3.20. The molecule has 0 saturated heterocycles. The molecule has 1 amide bonds. The number of hydrogen-bond acceptors (Lipinski definition) is 7. The Balaban J connectivity index is 1.37. The molecule has 0 radical (unpaired) electrons. The second kappa shape index (κ2) is 9.65. The zero-order chi connectivity index (χ0) is 27.1. The highest BCUT2D eigenvalue weighted by Crippen LogP contribution is 2.34. The van der Waals surface area contributed by atoms with Gasteiger partial charge in [0.25, 0.3) is 11.1 Å². The van der Waals surface area contributed by atoms with Crippen molar-refractivity contribution in [2.75, 3.05) is 5.32 Å². The van der Waals surface area contributed by atoms with E-state index in [0.29, 0.717) is 57.2 Å². The molecule has 0 bridgehead atoms. The lowest BCUT2D eigenvalue weighted by Gasteiger charge is -2.16. The van der Waals surface area contributed by atoms with Crippen LogP contribution < -0.4 is 16.4 Å². The molecule has 0 spiro atoms. The van der Waals surface area contributed by atoms with E-state index in [9.17, 15) is 14.4 Å². The quantitative estimate of drug-likeness (QED) is 0.304. The fraction of sp³-hybridized carbons (Fsp3) is 0.115. The molecule has 39 heavy (non-hydrogen) atoms.